The molecule has 3 aromatic carbocycles. The van der Waals surface area contributed by atoms with E-state index in [1.165, 1.54) is 22.0 Å². The maximum Gasteiger partial charge on any atom is 0.264 e. The van der Waals surface area contributed by atoms with Crippen molar-refractivity contribution in [3.05, 3.63) is 90.0 Å². The molecule has 0 radical (unpaired) electrons. The summed E-state index contributed by atoms with van der Waals surface area (Å²) >= 11 is 1.18. The first-order valence-corrected chi connectivity index (χ1v) is 12.9. The molecule has 4 aromatic rings. The first-order valence-electron chi connectivity index (χ1n) is 11.9. The molecule has 4 N–H and O–H groups in total. The van der Waals surface area contributed by atoms with Gasteiger partial charge in [0.2, 0.25) is 11.1 Å². The highest BCUT2D eigenvalue weighted by Gasteiger charge is 2.12. The highest BCUT2D eigenvalue weighted by molar-refractivity contribution is 7.99. The number of hydrogen-bond donors (Lipinski definition) is 3. The summed E-state index contributed by atoms with van der Waals surface area (Å²) < 4.78 is 7.10. The highest BCUT2D eigenvalue weighted by Crippen LogP contribution is 2.23. The molecule has 0 bridgehead atoms. The Balaban J connectivity index is 1.27. The van der Waals surface area contributed by atoms with Gasteiger partial charge in [0, 0.05) is 5.69 Å². The number of anilines is 2. The number of carbonyl (C=O) groups excluding carboxylic acids is 1. The molecule has 1 unspecified atom stereocenters. The number of nitrogen functional groups attached to an aromatic ring is 1. The summed E-state index contributed by atoms with van der Waals surface area (Å²) in [5.41, 5.74) is 5.61. The molecule has 10 heteroatoms. The second-order valence-electron chi connectivity index (χ2n) is 8.30. The average Bonchev–Trinajstić information content (AvgIpc) is 3.27. The zero-order valence-corrected chi connectivity index (χ0v) is 21.5. The van der Waals surface area contributed by atoms with E-state index < -0.39 is 0 Å². The van der Waals surface area contributed by atoms with Gasteiger partial charge >= 0.3 is 0 Å². The van der Waals surface area contributed by atoms with Crippen molar-refractivity contribution in [2.75, 3.05) is 22.3 Å². The average molecular weight is 516 g/mol. The van der Waals surface area contributed by atoms with Crippen molar-refractivity contribution in [2.24, 2.45) is 5.10 Å². The molecule has 1 heterocycles. The SMILES string of the molecule is CCC(C)c1ccc(NC(=O)CSc2nnc(N/N=C/c3cccc(Oc4ccccc4)c3)n2N)cc1. The Morgan fingerprint density at radius 3 is 2.59 bits per heavy atom. The van der Waals surface area contributed by atoms with E-state index in [4.69, 9.17) is 10.6 Å². The summed E-state index contributed by atoms with van der Waals surface area (Å²) in [7, 11) is 0. The molecule has 1 aromatic heterocycles. The molecule has 1 atom stereocenters. The number of nitrogens with one attached hydrogen (secondary N) is 2. The number of nitrogens with two attached hydrogens (primary N) is 1. The number of benzene rings is 3. The number of amides is 1. The van der Waals surface area contributed by atoms with Crippen LogP contribution in [-0.2, 0) is 4.79 Å². The van der Waals surface area contributed by atoms with Crippen LogP contribution < -0.4 is 21.3 Å². The van der Waals surface area contributed by atoms with E-state index >= 15 is 0 Å². The number of aromatic nitrogens is 3. The second kappa shape index (κ2) is 12.6. The lowest BCUT2D eigenvalue weighted by atomic mass is 9.99. The van der Waals surface area contributed by atoms with E-state index in [1.54, 1.807) is 6.21 Å². The number of hydrogen-bond acceptors (Lipinski definition) is 8. The van der Waals surface area contributed by atoms with Gasteiger partial charge in [-0.05, 0) is 59.9 Å². The molecule has 37 heavy (non-hydrogen) atoms. The van der Waals surface area contributed by atoms with Crippen molar-refractivity contribution in [3.63, 3.8) is 0 Å². The minimum Gasteiger partial charge on any atom is -0.457 e. The van der Waals surface area contributed by atoms with Crippen LogP contribution >= 0.6 is 11.8 Å². The number of rotatable bonds is 11. The Morgan fingerprint density at radius 2 is 1.84 bits per heavy atom. The van der Waals surface area contributed by atoms with Crippen molar-refractivity contribution in [1.82, 2.24) is 14.9 Å². The summed E-state index contributed by atoms with van der Waals surface area (Å²) in [6.07, 6.45) is 2.69. The fourth-order valence-electron chi connectivity index (χ4n) is 3.36. The van der Waals surface area contributed by atoms with Crippen LogP contribution in [0.25, 0.3) is 0 Å². The minimum absolute atomic E-state index is 0.139. The number of ether oxygens (including phenoxy) is 1. The van der Waals surface area contributed by atoms with Gasteiger partial charge in [0.25, 0.3) is 5.95 Å². The van der Waals surface area contributed by atoms with Crippen molar-refractivity contribution in [2.45, 2.75) is 31.3 Å². The van der Waals surface area contributed by atoms with E-state index in [-0.39, 0.29) is 17.6 Å². The molecule has 0 aliphatic carbocycles. The van der Waals surface area contributed by atoms with Crippen LogP contribution in [0, 0.1) is 0 Å². The van der Waals surface area contributed by atoms with Gasteiger partial charge in [-0.3, -0.25) is 4.79 Å². The third-order valence-electron chi connectivity index (χ3n) is 5.59. The zero-order valence-electron chi connectivity index (χ0n) is 20.7. The standard InChI is InChI=1S/C27H29N7O2S/c1-3-19(2)21-12-14-22(15-13-21)30-25(35)18-37-27-33-32-26(34(27)28)31-29-17-20-8-7-11-24(16-20)36-23-9-5-4-6-10-23/h4-17,19H,3,18,28H2,1-2H3,(H,30,35)(H,31,32)/b29-17+. The fraction of sp³-hybridized carbons (Fsp3) is 0.185. The Labute approximate surface area is 220 Å². The molecule has 0 saturated carbocycles. The highest BCUT2D eigenvalue weighted by atomic mass is 32.2. The van der Waals surface area contributed by atoms with E-state index in [0.29, 0.717) is 16.8 Å². The number of carbonyl (C=O) groups is 1. The smallest absolute Gasteiger partial charge is 0.264 e. The Bertz CT molecular complexity index is 1340. The van der Waals surface area contributed by atoms with Gasteiger partial charge < -0.3 is 15.9 Å². The van der Waals surface area contributed by atoms with Crippen molar-refractivity contribution < 1.29 is 9.53 Å². The molecule has 0 fully saturated rings. The van der Waals surface area contributed by atoms with E-state index in [1.807, 2.05) is 78.9 Å². The molecule has 4 rings (SSSR count). The normalized spacial score (nSPS) is 11.8. The van der Waals surface area contributed by atoms with Crippen LogP contribution in [0.4, 0.5) is 11.6 Å². The summed E-state index contributed by atoms with van der Waals surface area (Å²) in [5.74, 6) is 8.24. The van der Waals surface area contributed by atoms with E-state index in [9.17, 15) is 4.79 Å². The van der Waals surface area contributed by atoms with Gasteiger partial charge in [0.1, 0.15) is 11.5 Å². The maximum absolute atomic E-state index is 12.4. The van der Waals surface area contributed by atoms with Gasteiger partial charge in [0.15, 0.2) is 0 Å². The van der Waals surface area contributed by atoms with Crippen LogP contribution in [0.2, 0.25) is 0 Å². The van der Waals surface area contributed by atoms with Crippen LogP contribution in [0.15, 0.2) is 89.1 Å². The largest absolute Gasteiger partial charge is 0.457 e. The molecule has 9 nitrogen and oxygen atoms in total. The van der Waals surface area contributed by atoms with Gasteiger partial charge in [-0.1, -0.05) is 68.1 Å². The Morgan fingerprint density at radius 1 is 1.08 bits per heavy atom. The monoisotopic (exact) mass is 515 g/mol. The van der Waals surface area contributed by atoms with Crippen LogP contribution in [0.1, 0.15) is 37.3 Å². The maximum atomic E-state index is 12.4. The Kier molecular flexibility index (Phi) is 8.77. The van der Waals surface area contributed by atoms with Gasteiger partial charge in [-0.25, -0.2) is 10.1 Å². The van der Waals surface area contributed by atoms with Gasteiger partial charge in [0.05, 0.1) is 12.0 Å². The summed E-state index contributed by atoms with van der Waals surface area (Å²) in [4.78, 5) is 12.4. The Hall–Kier alpha value is -4.31. The van der Waals surface area contributed by atoms with E-state index in [2.05, 4.69) is 39.9 Å². The fourth-order valence-corrected chi connectivity index (χ4v) is 4.01. The molecule has 190 valence electrons. The lowest BCUT2D eigenvalue weighted by molar-refractivity contribution is -0.113. The molecule has 0 saturated heterocycles. The number of para-hydroxylation sites is 1. The number of hydrazone groups is 1. The van der Waals surface area contributed by atoms with Crippen molar-refractivity contribution in [1.29, 1.82) is 0 Å². The van der Waals surface area contributed by atoms with E-state index in [0.717, 1.165) is 23.4 Å². The van der Waals surface area contributed by atoms with Crippen LogP contribution in [-0.4, -0.2) is 32.7 Å². The number of nitrogens with zero attached hydrogens (tertiary/aromatic N) is 4. The lowest BCUT2D eigenvalue weighted by Crippen LogP contribution is -2.17. The first kappa shape index (κ1) is 25.8. The molecule has 0 spiro atoms. The number of thioether (sulfide) groups is 1. The zero-order chi connectivity index (χ0) is 26.0. The van der Waals surface area contributed by atoms with Crippen molar-refractivity contribution >= 4 is 35.5 Å². The summed E-state index contributed by atoms with van der Waals surface area (Å²) in [6.45, 7) is 4.34. The molecular weight excluding hydrogens is 486 g/mol. The molecule has 0 aliphatic heterocycles. The van der Waals surface area contributed by atoms with Crippen LogP contribution in [0.5, 0.6) is 11.5 Å². The first-order chi connectivity index (χ1) is 18.0. The molecule has 0 aliphatic rings. The summed E-state index contributed by atoms with van der Waals surface area (Å²) in [6, 6.07) is 25.0. The minimum atomic E-state index is -0.158. The van der Waals surface area contributed by atoms with Crippen LogP contribution in [0.3, 0.4) is 0 Å². The summed E-state index contributed by atoms with van der Waals surface area (Å²) in [5, 5.41) is 15.5. The second-order valence-corrected chi connectivity index (χ2v) is 9.24. The van der Waals surface area contributed by atoms with Crippen molar-refractivity contribution in [3.8, 4) is 11.5 Å². The third-order valence-corrected chi connectivity index (χ3v) is 6.53. The molecule has 1 amide bonds. The predicted molar refractivity (Wildman–Crippen MR) is 149 cm³/mol. The molecular formula is C27H29N7O2S. The van der Waals surface area contributed by atoms with Gasteiger partial charge in [-0.15, -0.1) is 10.2 Å². The van der Waals surface area contributed by atoms with Gasteiger partial charge in [-0.2, -0.15) is 5.10 Å². The quantitative estimate of drug-likeness (QED) is 0.105. The predicted octanol–water partition coefficient (Wildman–Crippen LogP) is 5.47. The lowest BCUT2D eigenvalue weighted by Gasteiger charge is -2.10. The third kappa shape index (κ3) is 7.34. The topological polar surface area (TPSA) is 119 Å².